The predicted octanol–water partition coefficient (Wildman–Crippen LogP) is 8.94. The third kappa shape index (κ3) is 6.11. The fourth-order valence-electron chi connectivity index (χ4n) is 6.50. The van der Waals surface area contributed by atoms with Crippen LogP contribution in [0.15, 0.2) is 35.5 Å². The van der Waals surface area contributed by atoms with E-state index in [1.165, 1.54) is 95.3 Å². The highest BCUT2D eigenvalue weighted by atomic mass is 14.4. The average molecular weight is 381 g/mol. The monoisotopic (exact) mass is 380 g/mol. The van der Waals surface area contributed by atoms with Crippen molar-refractivity contribution >= 4 is 0 Å². The second kappa shape index (κ2) is 10.8. The lowest BCUT2D eigenvalue weighted by Gasteiger charge is -2.09. The normalized spacial score (nSPS) is 35.7. The molecule has 0 heterocycles. The van der Waals surface area contributed by atoms with Crippen molar-refractivity contribution in [2.24, 2.45) is 23.7 Å². The van der Waals surface area contributed by atoms with Crippen LogP contribution >= 0.6 is 0 Å². The summed E-state index contributed by atoms with van der Waals surface area (Å²) in [4.78, 5) is 0. The highest BCUT2D eigenvalue weighted by Crippen LogP contribution is 2.44. The van der Waals surface area contributed by atoms with E-state index in [1.807, 2.05) is 0 Å². The first-order valence-electron chi connectivity index (χ1n) is 12.9. The Morgan fingerprint density at radius 3 is 1.32 bits per heavy atom. The lowest BCUT2D eigenvalue weighted by atomic mass is 9.97. The Morgan fingerprint density at radius 2 is 1.00 bits per heavy atom. The summed E-state index contributed by atoms with van der Waals surface area (Å²) >= 11 is 0. The largest absolute Gasteiger partial charge is 0.0851 e. The van der Waals surface area contributed by atoms with Gasteiger partial charge in [-0.15, -0.1) is 0 Å². The molecule has 0 N–H and O–H groups in total. The number of hydrogen-bond donors (Lipinski definition) is 0. The van der Waals surface area contributed by atoms with Crippen molar-refractivity contribution in [1.29, 1.82) is 0 Å². The van der Waals surface area contributed by atoms with E-state index in [0.29, 0.717) is 0 Å². The van der Waals surface area contributed by atoms with Crippen molar-refractivity contribution in [3.05, 3.63) is 35.5 Å². The van der Waals surface area contributed by atoms with Gasteiger partial charge in [0.15, 0.2) is 0 Å². The van der Waals surface area contributed by atoms with Gasteiger partial charge < -0.3 is 0 Å². The van der Waals surface area contributed by atoms with Gasteiger partial charge in [0.25, 0.3) is 0 Å². The van der Waals surface area contributed by atoms with Crippen molar-refractivity contribution < 1.29 is 0 Å². The maximum Gasteiger partial charge on any atom is -0.0228 e. The molecule has 0 spiro atoms. The Morgan fingerprint density at radius 1 is 0.500 bits per heavy atom. The molecule has 0 nitrogen and oxygen atoms in total. The summed E-state index contributed by atoms with van der Waals surface area (Å²) in [6.45, 7) is 0. The van der Waals surface area contributed by atoms with E-state index in [0.717, 1.165) is 11.8 Å². The smallest absolute Gasteiger partial charge is 0.0228 e. The van der Waals surface area contributed by atoms with Gasteiger partial charge in [-0.3, -0.25) is 0 Å². The van der Waals surface area contributed by atoms with Gasteiger partial charge in [0.1, 0.15) is 0 Å². The van der Waals surface area contributed by atoms with Gasteiger partial charge in [0.05, 0.1) is 0 Å². The summed E-state index contributed by atoms with van der Waals surface area (Å²) in [7, 11) is 0. The lowest BCUT2D eigenvalue weighted by Crippen LogP contribution is -1.90. The summed E-state index contributed by atoms with van der Waals surface area (Å²) < 4.78 is 0. The van der Waals surface area contributed by atoms with E-state index in [1.54, 1.807) is 43.3 Å². The summed E-state index contributed by atoms with van der Waals surface area (Å²) in [5.41, 5.74) is 3.40. The first-order chi connectivity index (χ1) is 13.9. The van der Waals surface area contributed by atoms with Gasteiger partial charge in [-0.1, -0.05) is 62.8 Å². The van der Waals surface area contributed by atoms with Crippen LogP contribution in [0.25, 0.3) is 0 Å². The molecule has 2 atom stereocenters. The van der Waals surface area contributed by atoms with Crippen LogP contribution in [-0.4, -0.2) is 0 Å². The molecule has 2 unspecified atom stereocenters. The summed E-state index contributed by atoms with van der Waals surface area (Å²) in [6.07, 6.45) is 35.9. The Kier molecular flexibility index (Phi) is 7.93. The van der Waals surface area contributed by atoms with Crippen LogP contribution in [0.2, 0.25) is 0 Å². The molecule has 3 saturated carbocycles. The fraction of sp³-hybridized carbons (Fsp3) is 0.786. The van der Waals surface area contributed by atoms with Gasteiger partial charge >= 0.3 is 0 Å². The zero-order valence-electron chi connectivity index (χ0n) is 18.3. The molecule has 6 rings (SSSR count). The number of allylic oxidation sites excluding steroid dienone is 6. The van der Waals surface area contributed by atoms with Crippen LogP contribution in [0.5, 0.6) is 0 Å². The maximum absolute atomic E-state index is 2.52. The topological polar surface area (TPSA) is 0 Å². The molecule has 28 heavy (non-hydrogen) atoms. The van der Waals surface area contributed by atoms with Crippen molar-refractivity contribution in [1.82, 2.24) is 0 Å². The quantitative estimate of drug-likeness (QED) is 0.398. The van der Waals surface area contributed by atoms with Crippen LogP contribution in [0.3, 0.4) is 0 Å². The molecule has 0 amide bonds. The van der Waals surface area contributed by atoms with E-state index >= 15 is 0 Å². The lowest BCUT2D eigenvalue weighted by molar-refractivity contribution is 0.480. The van der Waals surface area contributed by atoms with Crippen molar-refractivity contribution in [2.45, 2.75) is 116 Å². The first kappa shape index (κ1) is 20.5. The van der Waals surface area contributed by atoms with Crippen molar-refractivity contribution in [3.63, 3.8) is 0 Å². The average Bonchev–Trinajstić information content (AvgIpc) is 3.49. The molecule has 0 aromatic heterocycles. The highest BCUT2D eigenvalue weighted by Gasteiger charge is 2.30. The van der Waals surface area contributed by atoms with Gasteiger partial charge in [0, 0.05) is 0 Å². The minimum Gasteiger partial charge on any atom is -0.0851 e. The maximum atomic E-state index is 2.52. The summed E-state index contributed by atoms with van der Waals surface area (Å²) in [5.74, 6) is 4.32. The Balaban J connectivity index is 0.000000114. The Bertz CT molecular complexity index is 507. The van der Waals surface area contributed by atoms with Crippen LogP contribution in [0.4, 0.5) is 0 Å². The minimum absolute atomic E-state index is 0.991. The molecule has 0 aromatic carbocycles. The van der Waals surface area contributed by atoms with Crippen LogP contribution in [-0.2, 0) is 0 Å². The molecule has 0 aromatic rings. The second-order valence-corrected chi connectivity index (χ2v) is 10.5. The molecule has 0 aliphatic heterocycles. The van der Waals surface area contributed by atoms with E-state index in [-0.39, 0.29) is 0 Å². The molecule has 4 bridgehead atoms. The standard InChI is InChI=1S/C14H22.C7H12.C7H10/c1-2-6-10-13(9-5-1)14-11-7-3-4-8-12-14;2*1-2-7-4-3-6(1)5-7/h9,11H,1-8,10,12H2;6-7H,1-5H2;1-2,6-7H,3-5H2. The Hall–Kier alpha value is -0.780. The van der Waals surface area contributed by atoms with E-state index in [9.17, 15) is 0 Å². The molecule has 0 heteroatoms. The first-order valence-corrected chi connectivity index (χ1v) is 12.9. The fourth-order valence-corrected chi connectivity index (χ4v) is 6.50. The summed E-state index contributed by atoms with van der Waals surface area (Å²) in [6, 6.07) is 0. The highest BCUT2D eigenvalue weighted by molar-refractivity contribution is 5.31. The molecule has 156 valence electrons. The van der Waals surface area contributed by atoms with Crippen LogP contribution in [0.1, 0.15) is 116 Å². The Labute approximate surface area is 175 Å². The van der Waals surface area contributed by atoms with Crippen LogP contribution < -0.4 is 0 Å². The number of hydrogen-bond acceptors (Lipinski definition) is 0. The zero-order valence-corrected chi connectivity index (χ0v) is 18.3. The summed E-state index contributed by atoms with van der Waals surface area (Å²) in [5, 5.41) is 0. The zero-order chi connectivity index (χ0) is 19.0. The minimum atomic E-state index is 0.991. The molecular formula is C28H44. The van der Waals surface area contributed by atoms with Gasteiger partial charge in [-0.2, -0.15) is 0 Å². The molecule has 3 fully saturated rings. The predicted molar refractivity (Wildman–Crippen MR) is 122 cm³/mol. The molecule has 6 aliphatic rings. The SMILES string of the molecule is C1=C(C2=CCCCCC2)CCCCC1.C1=CC2CCC1C2.C1CC2CCC1C2. The molecule has 6 aliphatic carbocycles. The second-order valence-electron chi connectivity index (χ2n) is 10.5. The molecule has 0 saturated heterocycles. The van der Waals surface area contributed by atoms with Gasteiger partial charge in [0.2, 0.25) is 0 Å². The number of fused-ring (bicyclic) bond motifs is 4. The third-order valence-electron chi connectivity index (χ3n) is 8.30. The van der Waals surface area contributed by atoms with Gasteiger partial charge in [-0.05, 0) is 112 Å². The van der Waals surface area contributed by atoms with Crippen LogP contribution in [0, 0.1) is 23.7 Å². The van der Waals surface area contributed by atoms with Gasteiger partial charge in [-0.25, -0.2) is 0 Å². The molecular weight excluding hydrogens is 336 g/mol. The van der Waals surface area contributed by atoms with Crippen molar-refractivity contribution in [2.75, 3.05) is 0 Å². The van der Waals surface area contributed by atoms with E-state index in [4.69, 9.17) is 0 Å². The van der Waals surface area contributed by atoms with E-state index < -0.39 is 0 Å². The van der Waals surface area contributed by atoms with E-state index in [2.05, 4.69) is 24.3 Å². The number of rotatable bonds is 1. The van der Waals surface area contributed by atoms with Crippen molar-refractivity contribution in [3.8, 4) is 0 Å². The molecule has 0 radical (unpaired) electrons. The third-order valence-corrected chi connectivity index (χ3v) is 8.30.